The molecule has 0 aliphatic heterocycles. The maximum absolute atomic E-state index is 10.4. The number of rotatable bonds is 11. The monoisotopic (exact) mass is 300 g/mol. The second-order valence-corrected chi connectivity index (χ2v) is 8.70. The van der Waals surface area contributed by atoms with Crippen molar-refractivity contribution in [1.29, 1.82) is 0 Å². The molecule has 0 radical (unpaired) electrons. The van der Waals surface area contributed by atoms with Crippen LogP contribution in [0.15, 0.2) is 12.2 Å². The molecule has 2 nitrogen and oxygen atoms in total. The molecule has 0 aromatic heterocycles. The minimum absolute atomic E-state index is 0.346. The maximum atomic E-state index is 10.4. The highest BCUT2D eigenvalue weighted by Crippen LogP contribution is 3.06. The van der Waals surface area contributed by atoms with E-state index in [4.69, 9.17) is 5.11 Å². The van der Waals surface area contributed by atoms with Crippen molar-refractivity contribution in [1.82, 2.24) is 0 Å². The summed E-state index contributed by atoms with van der Waals surface area (Å²) in [7, 11) is 0. The molecule has 2 heteroatoms. The highest BCUT2D eigenvalue weighted by molar-refractivity contribution is 5.66. The first-order valence-corrected chi connectivity index (χ1v) is 9.68. The van der Waals surface area contributed by atoms with Gasteiger partial charge < -0.3 is 5.11 Å². The average molecular weight is 300 g/mol. The van der Waals surface area contributed by atoms with Gasteiger partial charge in [-0.3, -0.25) is 4.79 Å². The van der Waals surface area contributed by atoms with Gasteiger partial charge in [-0.25, -0.2) is 0 Å². The van der Waals surface area contributed by atoms with Crippen molar-refractivity contribution in [3.63, 3.8) is 0 Å². The van der Waals surface area contributed by atoms with E-state index in [-0.39, 0.29) is 0 Å². The predicted molar refractivity (Wildman–Crippen MR) is 85.2 cm³/mol. The first-order chi connectivity index (χ1) is 10.8. The van der Waals surface area contributed by atoms with Gasteiger partial charge in [-0.2, -0.15) is 0 Å². The molecule has 22 heavy (non-hydrogen) atoms. The molecule has 0 amide bonds. The standard InChI is InChI=1S/C20H28O2/c21-12(22)10-8-6-4-2-1-3-5-7-9-11-20-17-14-13-15(17)19(20)16(13)18(14)20/h9,11,13-19H,1-8,10H2,(H,21,22). The van der Waals surface area contributed by atoms with E-state index in [2.05, 4.69) is 12.2 Å². The number of hydrogen-bond donors (Lipinski definition) is 1. The molecular formula is C20H28O2. The first-order valence-electron chi connectivity index (χ1n) is 9.68. The molecule has 0 aromatic carbocycles. The van der Waals surface area contributed by atoms with Gasteiger partial charge in [-0.1, -0.05) is 44.3 Å². The summed E-state index contributed by atoms with van der Waals surface area (Å²) in [5.74, 6) is 7.73. The van der Waals surface area contributed by atoms with Crippen LogP contribution < -0.4 is 0 Å². The summed E-state index contributed by atoms with van der Waals surface area (Å²) in [6.45, 7) is 0. The maximum Gasteiger partial charge on any atom is 0.303 e. The molecule has 0 unspecified atom stereocenters. The Morgan fingerprint density at radius 2 is 1.36 bits per heavy atom. The summed E-state index contributed by atoms with van der Waals surface area (Å²) in [6, 6.07) is 0. The summed E-state index contributed by atoms with van der Waals surface area (Å²) in [5, 5.41) is 8.57. The average Bonchev–Trinajstić information content (AvgIpc) is 2.52. The number of carbonyl (C=O) groups is 1. The van der Waals surface area contributed by atoms with Crippen molar-refractivity contribution in [2.75, 3.05) is 0 Å². The lowest BCUT2D eigenvalue weighted by Crippen LogP contribution is -3.04. The fraction of sp³-hybridized carbons (Fsp3) is 0.850. The number of unbranched alkanes of at least 4 members (excludes halogenated alkanes) is 7. The Morgan fingerprint density at radius 1 is 0.818 bits per heavy atom. The Kier molecular flexibility index (Phi) is 2.86. The summed E-state index contributed by atoms with van der Waals surface area (Å²) in [6.07, 6.45) is 15.3. The van der Waals surface area contributed by atoms with Crippen molar-refractivity contribution in [2.45, 2.75) is 57.8 Å². The second-order valence-electron chi connectivity index (χ2n) is 8.70. The summed E-state index contributed by atoms with van der Waals surface area (Å²) in [5.41, 5.74) is 0.777. The van der Waals surface area contributed by atoms with Gasteiger partial charge in [0.05, 0.1) is 0 Å². The fourth-order valence-electron chi connectivity index (χ4n) is 7.56. The van der Waals surface area contributed by atoms with Crippen molar-refractivity contribution in [2.24, 2.45) is 46.8 Å². The third-order valence-corrected chi connectivity index (χ3v) is 8.22. The molecular weight excluding hydrogens is 272 g/mol. The van der Waals surface area contributed by atoms with Gasteiger partial charge in [0.15, 0.2) is 0 Å². The van der Waals surface area contributed by atoms with Crippen LogP contribution in [0.1, 0.15) is 57.8 Å². The third-order valence-electron chi connectivity index (χ3n) is 8.22. The molecule has 0 aromatic rings. The normalized spacial score (nSPS) is 50.5. The Morgan fingerprint density at radius 3 is 1.95 bits per heavy atom. The lowest BCUT2D eigenvalue weighted by atomic mass is 8.96. The molecule has 0 saturated heterocycles. The van der Waals surface area contributed by atoms with Gasteiger partial charge in [-0.05, 0) is 66.1 Å². The van der Waals surface area contributed by atoms with E-state index in [1.54, 1.807) is 0 Å². The van der Waals surface area contributed by atoms with E-state index in [0.717, 1.165) is 18.3 Å². The van der Waals surface area contributed by atoms with Gasteiger partial charge in [0, 0.05) is 6.42 Å². The zero-order chi connectivity index (χ0) is 14.9. The van der Waals surface area contributed by atoms with Crippen LogP contribution in [0, 0.1) is 46.8 Å². The highest BCUT2D eigenvalue weighted by atomic mass is 16.4. The van der Waals surface area contributed by atoms with Gasteiger partial charge in [0.1, 0.15) is 0 Å². The van der Waals surface area contributed by atoms with Crippen LogP contribution >= 0.6 is 0 Å². The van der Waals surface area contributed by atoms with E-state index in [0.29, 0.717) is 6.42 Å². The van der Waals surface area contributed by atoms with Crippen molar-refractivity contribution >= 4 is 5.97 Å². The molecule has 0 bridgehead atoms. The Bertz CT molecular complexity index is 469. The zero-order valence-electron chi connectivity index (χ0n) is 13.4. The number of carboxylic acids is 1. The zero-order valence-corrected chi connectivity index (χ0v) is 13.4. The topological polar surface area (TPSA) is 37.3 Å². The Balaban J connectivity index is 0.908. The van der Waals surface area contributed by atoms with Crippen LogP contribution in [0.25, 0.3) is 0 Å². The molecule has 120 valence electrons. The molecule has 0 heterocycles. The molecule has 0 atom stereocenters. The van der Waals surface area contributed by atoms with Crippen LogP contribution in [0.5, 0.6) is 0 Å². The molecule has 1 N–H and O–H groups in total. The van der Waals surface area contributed by atoms with Crippen molar-refractivity contribution in [3.05, 3.63) is 12.2 Å². The smallest absolute Gasteiger partial charge is 0.303 e. The minimum atomic E-state index is -0.650. The number of aliphatic carboxylic acids is 1. The van der Waals surface area contributed by atoms with Crippen LogP contribution in [-0.2, 0) is 4.79 Å². The quantitative estimate of drug-likeness (QED) is 0.450. The van der Waals surface area contributed by atoms with Crippen LogP contribution in [0.4, 0.5) is 0 Å². The lowest BCUT2D eigenvalue weighted by molar-refractivity contribution is -0.599. The SMILES string of the molecule is O=C(O)CCCCCCCCCC=CC12C3C4C5C3C1C5C42. The molecule has 6 saturated carbocycles. The van der Waals surface area contributed by atoms with Gasteiger partial charge in [0.2, 0.25) is 0 Å². The van der Waals surface area contributed by atoms with Gasteiger partial charge >= 0.3 is 5.97 Å². The van der Waals surface area contributed by atoms with Crippen molar-refractivity contribution < 1.29 is 9.90 Å². The fourth-order valence-corrected chi connectivity index (χ4v) is 7.56. The molecule has 6 aliphatic rings. The Hall–Kier alpha value is -0.790. The summed E-state index contributed by atoms with van der Waals surface area (Å²) in [4.78, 5) is 10.4. The van der Waals surface area contributed by atoms with E-state index in [9.17, 15) is 4.79 Å². The second kappa shape index (κ2) is 4.61. The molecule has 6 rings (SSSR count). The molecule has 6 aliphatic carbocycles. The van der Waals surface area contributed by atoms with Gasteiger partial charge in [-0.15, -0.1) is 0 Å². The Labute approximate surface area is 133 Å². The number of hydrogen-bond acceptors (Lipinski definition) is 1. The van der Waals surface area contributed by atoms with Crippen LogP contribution in [0.2, 0.25) is 0 Å². The number of carboxylic acid groups (broad SMARTS) is 1. The predicted octanol–water partition coefficient (Wildman–Crippen LogP) is 4.51. The first kappa shape index (κ1) is 13.6. The van der Waals surface area contributed by atoms with Gasteiger partial charge in [0.25, 0.3) is 0 Å². The number of allylic oxidation sites excluding steroid dienone is 2. The van der Waals surface area contributed by atoms with Crippen molar-refractivity contribution in [3.8, 4) is 0 Å². The lowest BCUT2D eigenvalue weighted by Gasteiger charge is -3.07. The van der Waals surface area contributed by atoms with Crippen LogP contribution in [-0.4, -0.2) is 11.1 Å². The minimum Gasteiger partial charge on any atom is -0.481 e. The summed E-state index contributed by atoms with van der Waals surface area (Å²) >= 11 is 0. The van der Waals surface area contributed by atoms with Crippen LogP contribution in [0.3, 0.4) is 0 Å². The molecule has 0 spiro atoms. The summed E-state index contributed by atoms with van der Waals surface area (Å²) < 4.78 is 0. The highest BCUT2D eigenvalue weighted by Gasteiger charge is 3.03. The molecule has 6 fully saturated rings. The van der Waals surface area contributed by atoms with E-state index in [1.807, 2.05) is 0 Å². The van der Waals surface area contributed by atoms with E-state index in [1.165, 1.54) is 80.0 Å². The largest absolute Gasteiger partial charge is 0.481 e. The van der Waals surface area contributed by atoms with E-state index < -0.39 is 5.97 Å². The third kappa shape index (κ3) is 1.37. The van der Waals surface area contributed by atoms with E-state index >= 15 is 0 Å².